The van der Waals surface area contributed by atoms with Crippen LogP contribution >= 0.6 is 11.6 Å². The summed E-state index contributed by atoms with van der Waals surface area (Å²) in [6.07, 6.45) is 5.21. The van der Waals surface area contributed by atoms with Crippen LogP contribution in [0.2, 0.25) is 5.02 Å². The summed E-state index contributed by atoms with van der Waals surface area (Å²) in [6, 6.07) is 13.7. The number of carbonyl (C=O) groups is 1. The molecule has 27 heavy (non-hydrogen) atoms. The Morgan fingerprint density at radius 2 is 2.00 bits per heavy atom. The van der Waals surface area contributed by atoms with Crippen molar-refractivity contribution in [3.63, 3.8) is 0 Å². The summed E-state index contributed by atoms with van der Waals surface area (Å²) in [5, 5.41) is 0.648. The summed E-state index contributed by atoms with van der Waals surface area (Å²) in [7, 11) is 0. The molecule has 0 aromatic heterocycles. The van der Waals surface area contributed by atoms with Gasteiger partial charge in [0.1, 0.15) is 5.75 Å². The van der Waals surface area contributed by atoms with Gasteiger partial charge in [0.05, 0.1) is 6.61 Å². The van der Waals surface area contributed by atoms with Crippen molar-refractivity contribution in [3.8, 4) is 5.75 Å². The van der Waals surface area contributed by atoms with E-state index in [0.29, 0.717) is 18.2 Å². The lowest BCUT2D eigenvalue weighted by Gasteiger charge is -2.38. The number of hydrogen-bond donors (Lipinski definition) is 1. The molecule has 0 bridgehead atoms. The SMILES string of the molecule is NCc1ccc2c(c1)C1(CCN(C(=O)C=Cc3ccccc3Cl)CC1)CO2. The maximum absolute atomic E-state index is 12.6. The van der Waals surface area contributed by atoms with Gasteiger partial charge in [0.15, 0.2) is 0 Å². The average Bonchev–Trinajstić information content (AvgIpc) is 3.05. The molecule has 4 rings (SSSR count). The number of halogens is 1. The van der Waals surface area contributed by atoms with E-state index in [2.05, 4.69) is 6.07 Å². The van der Waals surface area contributed by atoms with Gasteiger partial charge in [0, 0.05) is 41.7 Å². The third kappa shape index (κ3) is 3.47. The number of piperidine rings is 1. The molecule has 0 aliphatic carbocycles. The smallest absolute Gasteiger partial charge is 0.246 e. The molecular formula is C22H23ClN2O2. The largest absolute Gasteiger partial charge is 0.492 e. The number of nitrogens with zero attached hydrogens (tertiary/aromatic N) is 1. The van der Waals surface area contributed by atoms with Crippen molar-refractivity contribution in [2.75, 3.05) is 19.7 Å². The number of benzene rings is 2. The molecule has 0 atom stereocenters. The number of carbonyl (C=O) groups excluding carboxylic acids is 1. The van der Waals surface area contributed by atoms with Crippen LogP contribution < -0.4 is 10.5 Å². The predicted molar refractivity (Wildman–Crippen MR) is 108 cm³/mol. The fourth-order valence-corrected chi connectivity index (χ4v) is 4.18. The third-order valence-corrected chi connectivity index (χ3v) is 6.04. The molecule has 2 heterocycles. The van der Waals surface area contributed by atoms with E-state index in [0.717, 1.165) is 42.8 Å². The van der Waals surface area contributed by atoms with Crippen LogP contribution in [-0.2, 0) is 16.8 Å². The number of likely N-dealkylation sites (tertiary alicyclic amines) is 1. The second kappa shape index (κ2) is 7.37. The lowest BCUT2D eigenvalue weighted by atomic mass is 9.74. The first kappa shape index (κ1) is 18.1. The van der Waals surface area contributed by atoms with Gasteiger partial charge in [-0.2, -0.15) is 0 Å². The highest BCUT2D eigenvalue weighted by Crippen LogP contribution is 2.45. The molecule has 5 heteroatoms. The Morgan fingerprint density at radius 3 is 2.74 bits per heavy atom. The zero-order valence-corrected chi connectivity index (χ0v) is 15.9. The van der Waals surface area contributed by atoms with Gasteiger partial charge in [0.2, 0.25) is 5.91 Å². The van der Waals surface area contributed by atoms with Crippen molar-refractivity contribution in [3.05, 3.63) is 70.3 Å². The molecule has 0 unspecified atom stereocenters. The Balaban J connectivity index is 1.44. The zero-order chi connectivity index (χ0) is 18.9. The van der Waals surface area contributed by atoms with Gasteiger partial charge in [0.25, 0.3) is 0 Å². The van der Waals surface area contributed by atoms with Crippen molar-refractivity contribution in [2.24, 2.45) is 5.73 Å². The normalized spacial score (nSPS) is 17.9. The van der Waals surface area contributed by atoms with Gasteiger partial charge in [-0.15, -0.1) is 0 Å². The second-order valence-electron chi connectivity index (χ2n) is 7.28. The lowest BCUT2D eigenvalue weighted by molar-refractivity contribution is -0.127. The standard InChI is InChI=1S/C22H23ClN2O2/c23-19-4-2-1-3-17(19)6-8-21(26)25-11-9-22(10-12-25)15-27-20-7-5-16(14-24)13-18(20)22/h1-8,13H,9-12,14-15,24H2. The molecule has 2 N–H and O–H groups in total. The molecule has 2 aliphatic rings. The minimum absolute atomic E-state index is 0.00372. The van der Waals surface area contributed by atoms with E-state index in [1.165, 1.54) is 5.56 Å². The summed E-state index contributed by atoms with van der Waals surface area (Å²) >= 11 is 6.15. The van der Waals surface area contributed by atoms with Crippen LogP contribution in [0.25, 0.3) is 6.08 Å². The maximum atomic E-state index is 12.6. The first-order valence-corrected chi connectivity index (χ1v) is 9.67. The van der Waals surface area contributed by atoms with E-state index in [-0.39, 0.29) is 11.3 Å². The van der Waals surface area contributed by atoms with E-state index in [1.807, 2.05) is 41.3 Å². The number of hydrogen-bond acceptors (Lipinski definition) is 3. The molecule has 1 spiro atoms. The van der Waals surface area contributed by atoms with Crippen molar-refractivity contribution in [1.82, 2.24) is 4.90 Å². The average molecular weight is 383 g/mol. The summed E-state index contributed by atoms with van der Waals surface area (Å²) in [5.41, 5.74) is 9.04. The molecule has 1 saturated heterocycles. The number of ether oxygens (including phenoxy) is 1. The van der Waals surface area contributed by atoms with Gasteiger partial charge in [-0.25, -0.2) is 0 Å². The first-order valence-electron chi connectivity index (χ1n) is 9.29. The number of fused-ring (bicyclic) bond motifs is 2. The number of rotatable bonds is 3. The summed E-state index contributed by atoms with van der Waals surface area (Å²) in [6.45, 7) is 2.66. The second-order valence-corrected chi connectivity index (χ2v) is 7.69. The highest BCUT2D eigenvalue weighted by atomic mass is 35.5. The molecular weight excluding hydrogens is 360 g/mol. The van der Waals surface area contributed by atoms with E-state index in [4.69, 9.17) is 22.1 Å². The summed E-state index contributed by atoms with van der Waals surface area (Å²) < 4.78 is 5.93. The van der Waals surface area contributed by atoms with Crippen LogP contribution in [-0.4, -0.2) is 30.5 Å². The topological polar surface area (TPSA) is 55.6 Å². The van der Waals surface area contributed by atoms with E-state index >= 15 is 0 Å². The molecule has 0 saturated carbocycles. The minimum atomic E-state index is 0.00372. The number of amides is 1. The molecule has 2 aromatic rings. The fourth-order valence-electron chi connectivity index (χ4n) is 3.98. The van der Waals surface area contributed by atoms with Crippen LogP contribution in [0.5, 0.6) is 5.75 Å². The Morgan fingerprint density at radius 1 is 1.22 bits per heavy atom. The Kier molecular flexibility index (Phi) is 4.94. The zero-order valence-electron chi connectivity index (χ0n) is 15.2. The summed E-state index contributed by atoms with van der Waals surface area (Å²) in [4.78, 5) is 14.5. The molecule has 2 aliphatic heterocycles. The quantitative estimate of drug-likeness (QED) is 0.822. The van der Waals surface area contributed by atoms with Crippen LogP contribution in [0.3, 0.4) is 0 Å². The van der Waals surface area contributed by atoms with Crippen LogP contribution in [0.1, 0.15) is 29.5 Å². The monoisotopic (exact) mass is 382 g/mol. The maximum Gasteiger partial charge on any atom is 0.246 e. The van der Waals surface area contributed by atoms with Crippen molar-refractivity contribution in [1.29, 1.82) is 0 Å². The van der Waals surface area contributed by atoms with E-state index in [1.54, 1.807) is 12.2 Å². The van der Waals surface area contributed by atoms with Gasteiger partial charge in [-0.3, -0.25) is 4.79 Å². The van der Waals surface area contributed by atoms with Crippen molar-refractivity contribution < 1.29 is 9.53 Å². The van der Waals surface area contributed by atoms with E-state index < -0.39 is 0 Å². The fraction of sp³-hybridized carbons (Fsp3) is 0.318. The Labute approximate surface area is 164 Å². The Hall–Kier alpha value is -2.30. The van der Waals surface area contributed by atoms with Gasteiger partial charge < -0.3 is 15.4 Å². The van der Waals surface area contributed by atoms with Crippen LogP contribution in [0.15, 0.2) is 48.5 Å². The van der Waals surface area contributed by atoms with Gasteiger partial charge in [-0.1, -0.05) is 41.9 Å². The molecule has 0 radical (unpaired) electrons. The van der Waals surface area contributed by atoms with Gasteiger partial charge in [-0.05, 0) is 42.2 Å². The molecule has 1 fully saturated rings. The molecule has 4 nitrogen and oxygen atoms in total. The Bertz CT molecular complexity index is 886. The molecule has 1 amide bonds. The van der Waals surface area contributed by atoms with Crippen molar-refractivity contribution in [2.45, 2.75) is 24.8 Å². The molecule has 2 aromatic carbocycles. The van der Waals surface area contributed by atoms with Crippen LogP contribution in [0, 0.1) is 0 Å². The summed E-state index contributed by atoms with van der Waals surface area (Å²) in [5.74, 6) is 0.991. The minimum Gasteiger partial charge on any atom is -0.492 e. The van der Waals surface area contributed by atoms with Crippen molar-refractivity contribution >= 4 is 23.6 Å². The highest BCUT2D eigenvalue weighted by Gasteiger charge is 2.43. The molecule has 140 valence electrons. The first-order chi connectivity index (χ1) is 13.1. The number of nitrogens with two attached hydrogens (primary N) is 1. The van der Waals surface area contributed by atoms with Crippen LogP contribution in [0.4, 0.5) is 0 Å². The lowest BCUT2D eigenvalue weighted by Crippen LogP contribution is -2.45. The van der Waals surface area contributed by atoms with Gasteiger partial charge >= 0.3 is 0 Å². The third-order valence-electron chi connectivity index (χ3n) is 5.70. The highest BCUT2D eigenvalue weighted by molar-refractivity contribution is 6.32. The van der Waals surface area contributed by atoms with E-state index in [9.17, 15) is 4.79 Å². The predicted octanol–water partition coefficient (Wildman–Crippen LogP) is 3.76.